The maximum atomic E-state index is 11.9. The quantitative estimate of drug-likeness (QED) is 0.255. The molecule has 0 bridgehead atoms. The molecule has 2 atom stereocenters. The number of fused-ring (bicyclic) bond motifs is 1. The van der Waals surface area contributed by atoms with Gasteiger partial charge in [0.2, 0.25) is 11.9 Å². The molecule has 2 aliphatic heterocycles. The van der Waals surface area contributed by atoms with Gasteiger partial charge in [0.1, 0.15) is 6.61 Å². The smallest absolute Gasteiger partial charge is 0.342 e. The fourth-order valence-corrected chi connectivity index (χ4v) is 2.28. The third-order valence-corrected chi connectivity index (χ3v) is 3.45. The summed E-state index contributed by atoms with van der Waals surface area (Å²) < 4.78 is 9.83. The van der Waals surface area contributed by atoms with Gasteiger partial charge in [-0.1, -0.05) is 0 Å². The zero-order valence-electron chi connectivity index (χ0n) is 11.1. The van der Waals surface area contributed by atoms with E-state index in [9.17, 15) is 24.5 Å². The van der Waals surface area contributed by atoms with Gasteiger partial charge in [0, 0.05) is 12.1 Å². The van der Waals surface area contributed by atoms with Crippen LogP contribution in [0.2, 0.25) is 0 Å². The van der Waals surface area contributed by atoms with Gasteiger partial charge in [0.05, 0.1) is 11.3 Å². The number of nitrogens with zero attached hydrogens (tertiary/aromatic N) is 2. The van der Waals surface area contributed by atoms with E-state index in [0.29, 0.717) is 5.56 Å². The zero-order chi connectivity index (χ0) is 15.9. The summed E-state index contributed by atoms with van der Waals surface area (Å²) in [6.07, 6.45) is -0.588. The summed E-state index contributed by atoms with van der Waals surface area (Å²) in [5, 5.41) is 10.5. The summed E-state index contributed by atoms with van der Waals surface area (Å²) in [7, 11) is 0. The predicted octanol–water partition coefficient (Wildman–Crippen LogP) is 0.122. The van der Waals surface area contributed by atoms with Crippen LogP contribution in [0.4, 0.5) is 5.69 Å². The Kier molecular flexibility index (Phi) is 3.24. The minimum Gasteiger partial charge on any atom is -0.459 e. The minimum atomic E-state index is -1.36. The number of carbonyl (C=O) groups is 3. The predicted molar refractivity (Wildman–Crippen MR) is 68.0 cm³/mol. The molecule has 9 nitrogen and oxygen atoms in total. The average molecular weight is 306 g/mol. The number of hydrogen-bond acceptors (Lipinski definition) is 7. The summed E-state index contributed by atoms with van der Waals surface area (Å²) in [4.78, 5) is 45.9. The van der Waals surface area contributed by atoms with Crippen LogP contribution in [-0.4, -0.2) is 39.9 Å². The Morgan fingerprint density at radius 1 is 1.36 bits per heavy atom. The summed E-state index contributed by atoms with van der Waals surface area (Å²) >= 11 is 0. The Balaban J connectivity index is 1.61. The van der Waals surface area contributed by atoms with Crippen LogP contribution in [0.25, 0.3) is 0 Å². The molecule has 2 saturated heterocycles. The monoisotopic (exact) mass is 306 g/mol. The maximum Gasteiger partial charge on any atom is 0.342 e. The van der Waals surface area contributed by atoms with Gasteiger partial charge >= 0.3 is 11.9 Å². The third kappa shape index (κ3) is 2.26. The highest BCUT2D eigenvalue weighted by Crippen LogP contribution is 2.31. The molecule has 9 heteroatoms. The molecule has 2 aliphatic rings. The summed E-state index contributed by atoms with van der Waals surface area (Å²) in [5.74, 6) is -2.02. The molecule has 0 unspecified atom stereocenters. The van der Waals surface area contributed by atoms with Crippen molar-refractivity contribution in [3.05, 3.63) is 39.9 Å². The highest BCUT2D eigenvalue weighted by atomic mass is 16.6. The van der Waals surface area contributed by atoms with E-state index < -0.39 is 29.1 Å². The molecule has 3 rings (SSSR count). The molecule has 0 N–H and O–H groups in total. The van der Waals surface area contributed by atoms with Crippen molar-refractivity contribution in [3.8, 4) is 0 Å². The molecule has 0 aliphatic carbocycles. The van der Waals surface area contributed by atoms with Gasteiger partial charge in [0.15, 0.2) is 6.23 Å². The maximum absolute atomic E-state index is 11.9. The Morgan fingerprint density at radius 3 is 2.64 bits per heavy atom. The molecular formula is C13H10N2O7. The summed E-state index contributed by atoms with van der Waals surface area (Å²) in [5.41, 5.74) is 0.445. The molecule has 0 radical (unpaired) electrons. The van der Waals surface area contributed by atoms with Gasteiger partial charge in [-0.15, -0.1) is 0 Å². The number of ether oxygens (including phenoxy) is 2. The normalized spacial score (nSPS) is 22.6. The number of rotatable bonds is 4. The minimum absolute atomic E-state index is 0.0801. The van der Waals surface area contributed by atoms with Gasteiger partial charge in [0.25, 0.3) is 5.69 Å². The molecule has 1 amide bonds. The Bertz CT molecular complexity index is 669. The van der Waals surface area contributed by atoms with Crippen molar-refractivity contribution >= 4 is 23.5 Å². The van der Waals surface area contributed by atoms with Crippen molar-refractivity contribution in [2.24, 2.45) is 0 Å². The average Bonchev–Trinajstić information content (AvgIpc) is 2.76. The number of amides is 1. The van der Waals surface area contributed by atoms with E-state index in [-0.39, 0.29) is 24.6 Å². The van der Waals surface area contributed by atoms with Crippen molar-refractivity contribution in [3.63, 3.8) is 0 Å². The number of β-lactam (4-membered cyclic amide) rings is 1. The van der Waals surface area contributed by atoms with E-state index in [1.54, 1.807) is 0 Å². The molecule has 0 saturated carbocycles. The molecule has 0 spiro atoms. The van der Waals surface area contributed by atoms with Gasteiger partial charge in [-0.2, -0.15) is 0 Å². The van der Waals surface area contributed by atoms with Crippen LogP contribution in [0.3, 0.4) is 0 Å². The number of nitro benzene ring substituents is 1. The SMILES string of the molecule is O=C(OCc1ccc([N+](=O)[O-])cc1)[C@H]1C(=O)O[C@@H]2CC(=O)N12. The van der Waals surface area contributed by atoms with E-state index in [0.717, 1.165) is 4.90 Å². The first-order valence-electron chi connectivity index (χ1n) is 6.39. The van der Waals surface area contributed by atoms with Crippen LogP contribution < -0.4 is 0 Å². The lowest BCUT2D eigenvalue weighted by Gasteiger charge is -2.33. The van der Waals surface area contributed by atoms with Crippen molar-refractivity contribution in [1.82, 2.24) is 4.90 Å². The van der Waals surface area contributed by atoms with Crippen LogP contribution in [0, 0.1) is 10.1 Å². The van der Waals surface area contributed by atoms with E-state index in [1.807, 2.05) is 0 Å². The van der Waals surface area contributed by atoms with Crippen LogP contribution in [0.15, 0.2) is 24.3 Å². The molecule has 2 fully saturated rings. The first kappa shape index (κ1) is 14.0. The molecule has 22 heavy (non-hydrogen) atoms. The topological polar surface area (TPSA) is 116 Å². The van der Waals surface area contributed by atoms with Gasteiger partial charge < -0.3 is 9.47 Å². The second-order valence-electron chi connectivity index (χ2n) is 4.83. The number of hydrogen-bond donors (Lipinski definition) is 0. The Morgan fingerprint density at radius 2 is 2.05 bits per heavy atom. The van der Waals surface area contributed by atoms with Gasteiger partial charge in [-0.05, 0) is 17.7 Å². The fourth-order valence-electron chi connectivity index (χ4n) is 2.28. The van der Waals surface area contributed by atoms with E-state index in [4.69, 9.17) is 9.47 Å². The molecule has 1 aromatic carbocycles. The molecular weight excluding hydrogens is 296 g/mol. The molecule has 2 heterocycles. The second-order valence-corrected chi connectivity index (χ2v) is 4.83. The van der Waals surface area contributed by atoms with Crippen LogP contribution in [-0.2, 0) is 30.5 Å². The molecule has 1 aromatic rings. The van der Waals surface area contributed by atoms with E-state index in [1.165, 1.54) is 24.3 Å². The lowest BCUT2D eigenvalue weighted by molar-refractivity contribution is -0.384. The van der Waals surface area contributed by atoms with Crippen LogP contribution in [0.5, 0.6) is 0 Å². The van der Waals surface area contributed by atoms with E-state index in [2.05, 4.69) is 0 Å². The Labute approximate surface area is 123 Å². The molecule has 114 valence electrons. The number of carbonyl (C=O) groups excluding carboxylic acids is 3. The number of benzene rings is 1. The Hall–Kier alpha value is -2.97. The first-order valence-corrected chi connectivity index (χ1v) is 6.39. The van der Waals surface area contributed by atoms with Gasteiger partial charge in [-0.3, -0.25) is 19.8 Å². The second kappa shape index (κ2) is 5.10. The number of non-ortho nitro benzene ring substituents is 1. The standard InChI is InChI=1S/C13H10N2O7/c16-9-5-10-14(9)11(13(18)22-10)12(17)21-6-7-1-3-8(4-2-7)15(19)20/h1-4,10-11H,5-6H2/t10-,11+/m1/s1. The van der Waals surface area contributed by atoms with Crippen molar-refractivity contribution in [1.29, 1.82) is 0 Å². The van der Waals surface area contributed by atoms with Crippen LogP contribution >= 0.6 is 0 Å². The molecule has 0 aromatic heterocycles. The largest absolute Gasteiger partial charge is 0.459 e. The summed E-state index contributed by atoms with van der Waals surface area (Å²) in [6, 6.07) is 4.08. The van der Waals surface area contributed by atoms with Crippen molar-refractivity contribution in [2.45, 2.75) is 25.3 Å². The highest BCUT2D eigenvalue weighted by molar-refractivity contribution is 6.06. The summed E-state index contributed by atoms with van der Waals surface area (Å²) in [6.45, 7) is -0.159. The van der Waals surface area contributed by atoms with Crippen LogP contribution in [0.1, 0.15) is 12.0 Å². The fraction of sp³-hybridized carbons (Fsp3) is 0.308. The number of esters is 2. The lowest BCUT2D eigenvalue weighted by Crippen LogP contribution is -2.55. The lowest BCUT2D eigenvalue weighted by atomic mass is 10.1. The van der Waals surface area contributed by atoms with Gasteiger partial charge in [-0.25, -0.2) is 9.59 Å². The van der Waals surface area contributed by atoms with E-state index >= 15 is 0 Å². The van der Waals surface area contributed by atoms with Crippen molar-refractivity contribution < 1.29 is 28.8 Å². The first-order chi connectivity index (χ1) is 10.5. The zero-order valence-corrected chi connectivity index (χ0v) is 11.1. The third-order valence-electron chi connectivity index (χ3n) is 3.45. The highest BCUT2D eigenvalue weighted by Gasteiger charge is 2.56. The number of nitro groups is 1. The van der Waals surface area contributed by atoms with Crippen molar-refractivity contribution in [2.75, 3.05) is 0 Å².